The summed E-state index contributed by atoms with van der Waals surface area (Å²) in [7, 11) is -1.06. The van der Waals surface area contributed by atoms with E-state index in [-0.39, 0.29) is 18.8 Å². The van der Waals surface area contributed by atoms with E-state index in [2.05, 4.69) is 0 Å². The summed E-state index contributed by atoms with van der Waals surface area (Å²) in [4.78, 5) is 0. The molecule has 0 amide bonds. The van der Waals surface area contributed by atoms with Gasteiger partial charge in [-0.15, -0.1) is 0 Å². The number of ether oxygens (including phenoxy) is 1. The normalized spacial score (nSPS) is 33.2. The van der Waals surface area contributed by atoms with Gasteiger partial charge >= 0.3 is 14.2 Å². The summed E-state index contributed by atoms with van der Waals surface area (Å²) < 4.78 is 30.1. The maximum atomic E-state index is 9.75. The Morgan fingerprint density at radius 3 is 1.88 bits per heavy atom. The number of aliphatic hydroxyl groups is 1. The molecule has 3 saturated heterocycles. The van der Waals surface area contributed by atoms with Gasteiger partial charge < -0.3 is 28.5 Å². The highest BCUT2D eigenvalue weighted by Crippen LogP contribution is 2.37. The van der Waals surface area contributed by atoms with Gasteiger partial charge in [0, 0.05) is 0 Å². The highest BCUT2D eigenvalue weighted by molar-refractivity contribution is 6.62. The van der Waals surface area contributed by atoms with E-state index in [0.29, 0.717) is 0 Å². The number of aliphatic hydroxyl groups excluding tert-OH is 1. The minimum atomic E-state index is -0.573. The zero-order valence-corrected chi connectivity index (χ0v) is 14.0. The molecule has 3 fully saturated rings. The highest BCUT2D eigenvalue weighted by Gasteiger charge is 2.59. The van der Waals surface area contributed by atoms with Crippen LogP contribution in [0.1, 0.15) is 0 Å². The van der Waals surface area contributed by atoms with Crippen LogP contribution in [0.5, 0.6) is 0 Å². The summed E-state index contributed by atoms with van der Waals surface area (Å²) in [5, 5.41) is 9.75. The van der Waals surface area contributed by atoms with Gasteiger partial charge in [0.25, 0.3) is 0 Å². The lowest BCUT2D eigenvalue weighted by Crippen LogP contribution is -2.58. The molecule has 3 aliphatic rings. The van der Waals surface area contributed by atoms with E-state index in [9.17, 15) is 5.11 Å². The first-order valence-electron chi connectivity index (χ1n) is 8.81. The molecular weight excluding hydrogens is 334 g/mol. The molecule has 8 heteroatoms. The number of fused-ring (bicyclic) bond motifs is 3. The molecule has 1 unspecified atom stereocenters. The van der Waals surface area contributed by atoms with Gasteiger partial charge in [0.2, 0.25) is 0 Å². The molecule has 26 heavy (non-hydrogen) atoms. The smallest absolute Gasteiger partial charge is 0.399 e. The summed E-state index contributed by atoms with van der Waals surface area (Å²) >= 11 is 0. The first-order valence-corrected chi connectivity index (χ1v) is 8.81. The molecule has 0 aliphatic carbocycles. The van der Waals surface area contributed by atoms with Crippen LogP contribution in [-0.4, -0.2) is 56.7 Å². The molecule has 2 aromatic rings. The molecule has 2 aromatic carbocycles. The first-order chi connectivity index (χ1) is 12.8. The predicted octanol–water partition coefficient (Wildman–Crippen LogP) is -0.306. The number of hydrogen-bond acceptors (Lipinski definition) is 6. The second-order valence-electron chi connectivity index (χ2n) is 6.65. The van der Waals surface area contributed by atoms with E-state index >= 15 is 0 Å². The summed E-state index contributed by atoms with van der Waals surface area (Å²) in [5.41, 5.74) is 1.83. The lowest BCUT2D eigenvalue weighted by Gasteiger charge is -2.37. The summed E-state index contributed by atoms with van der Waals surface area (Å²) in [6, 6.07) is 19.4. The topological polar surface area (TPSA) is 66.4 Å². The minimum Gasteiger partial charge on any atom is -0.399 e. The molecule has 0 bridgehead atoms. The van der Waals surface area contributed by atoms with Crippen LogP contribution < -0.4 is 10.9 Å². The molecular formula is C18H18B2O6. The van der Waals surface area contributed by atoms with Gasteiger partial charge in [-0.2, -0.15) is 0 Å². The van der Waals surface area contributed by atoms with Crippen molar-refractivity contribution in [1.82, 2.24) is 0 Å². The standard InChI is InChI=1S/C18H18B2O6/c21-11-14-15-16(24-19(23-14)12-7-3-1-4-8-12)17-18(22-15)26-20(25-17)13-9-5-2-6-10-13/h1-10,14-18,21H,11H2/t14-,15-,16+,17-,18?/m1/s1. The monoisotopic (exact) mass is 352 g/mol. The van der Waals surface area contributed by atoms with Crippen LogP contribution in [0, 0.1) is 0 Å². The fourth-order valence-corrected chi connectivity index (χ4v) is 3.75. The molecule has 0 saturated carbocycles. The van der Waals surface area contributed by atoms with Crippen molar-refractivity contribution in [2.45, 2.75) is 30.7 Å². The highest BCUT2D eigenvalue weighted by atomic mass is 16.8. The van der Waals surface area contributed by atoms with Crippen molar-refractivity contribution < 1.29 is 28.5 Å². The van der Waals surface area contributed by atoms with Crippen LogP contribution in [0.4, 0.5) is 0 Å². The van der Waals surface area contributed by atoms with Crippen LogP contribution in [0.2, 0.25) is 0 Å². The Morgan fingerprint density at radius 1 is 0.692 bits per heavy atom. The fourth-order valence-electron chi connectivity index (χ4n) is 3.75. The van der Waals surface area contributed by atoms with Crippen LogP contribution in [-0.2, 0) is 23.4 Å². The van der Waals surface area contributed by atoms with Crippen LogP contribution in [0.25, 0.3) is 0 Å². The maximum Gasteiger partial charge on any atom is 0.496 e. The fraction of sp³-hybridized carbons (Fsp3) is 0.333. The van der Waals surface area contributed by atoms with Crippen LogP contribution >= 0.6 is 0 Å². The lowest BCUT2D eigenvalue weighted by molar-refractivity contribution is -0.137. The molecule has 0 spiro atoms. The van der Waals surface area contributed by atoms with E-state index in [1.165, 1.54) is 0 Å². The Bertz CT molecular complexity index is 748. The van der Waals surface area contributed by atoms with Gasteiger partial charge in [0.1, 0.15) is 18.3 Å². The second kappa shape index (κ2) is 6.81. The van der Waals surface area contributed by atoms with Gasteiger partial charge in [0.05, 0.1) is 12.7 Å². The molecule has 3 aliphatic heterocycles. The van der Waals surface area contributed by atoms with Crippen LogP contribution in [0.15, 0.2) is 60.7 Å². The molecule has 5 atom stereocenters. The van der Waals surface area contributed by atoms with Crippen molar-refractivity contribution in [3.8, 4) is 0 Å². The number of benzene rings is 2. The molecule has 6 nitrogen and oxygen atoms in total. The Kier molecular flexibility index (Phi) is 4.32. The van der Waals surface area contributed by atoms with Crippen molar-refractivity contribution >= 4 is 25.2 Å². The molecule has 0 aromatic heterocycles. The average Bonchev–Trinajstić information content (AvgIpc) is 3.27. The maximum absolute atomic E-state index is 9.75. The van der Waals surface area contributed by atoms with Crippen molar-refractivity contribution in [1.29, 1.82) is 0 Å². The Balaban J connectivity index is 1.37. The van der Waals surface area contributed by atoms with Crippen molar-refractivity contribution in [3.63, 3.8) is 0 Å². The van der Waals surface area contributed by atoms with E-state index in [4.69, 9.17) is 23.4 Å². The van der Waals surface area contributed by atoms with E-state index in [1.54, 1.807) is 0 Å². The van der Waals surface area contributed by atoms with E-state index in [0.717, 1.165) is 10.9 Å². The van der Waals surface area contributed by atoms with Crippen molar-refractivity contribution in [3.05, 3.63) is 60.7 Å². The van der Waals surface area contributed by atoms with Crippen LogP contribution in [0.3, 0.4) is 0 Å². The quantitative estimate of drug-likeness (QED) is 0.765. The SMILES string of the molecule is OC[C@H]1OB(c2ccccc2)O[C@H]2[C@@H]1OC1OB(c3ccccc3)O[C@@H]12. The second-order valence-corrected chi connectivity index (χ2v) is 6.65. The minimum absolute atomic E-state index is 0.157. The third-order valence-electron chi connectivity index (χ3n) is 5.01. The number of hydrogen-bond donors (Lipinski definition) is 1. The van der Waals surface area contributed by atoms with Gasteiger partial charge in [-0.1, -0.05) is 60.7 Å². The Hall–Kier alpha value is -1.67. The molecule has 132 valence electrons. The first kappa shape index (κ1) is 16.5. The van der Waals surface area contributed by atoms with Crippen molar-refractivity contribution in [2.75, 3.05) is 6.61 Å². The van der Waals surface area contributed by atoms with Crippen molar-refractivity contribution in [2.24, 2.45) is 0 Å². The largest absolute Gasteiger partial charge is 0.496 e. The molecule has 5 rings (SSSR count). The zero-order valence-electron chi connectivity index (χ0n) is 14.0. The third kappa shape index (κ3) is 2.79. The van der Waals surface area contributed by atoms with Gasteiger partial charge in [-0.25, -0.2) is 0 Å². The van der Waals surface area contributed by atoms with E-state index in [1.807, 2.05) is 60.7 Å². The Labute approximate surface area is 152 Å². The van der Waals surface area contributed by atoms with Gasteiger partial charge in [-0.05, 0) is 10.9 Å². The number of rotatable bonds is 3. The molecule has 1 N–H and O–H groups in total. The molecule has 0 radical (unpaired) electrons. The summed E-state index contributed by atoms with van der Waals surface area (Å²) in [5.74, 6) is 0. The average molecular weight is 352 g/mol. The lowest BCUT2D eigenvalue weighted by atomic mass is 9.76. The molecule has 3 heterocycles. The van der Waals surface area contributed by atoms with E-state index < -0.39 is 32.7 Å². The van der Waals surface area contributed by atoms with Gasteiger partial charge in [-0.3, -0.25) is 0 Å². The summed E-state index contributed by atoms with van der Waals surface area (Å²) in [6.45, 7) is -0.157. The summed E-state index contributed by atoms with van der Waals surface area (Å²) in [6.07, 6.45) is -2.19. The predicted molar refractivity (Wildman–Crippen MR) is 95.1 cm³/mol. The zero-order chi connectivity index (χ0) is 17.5. The third-order valence-corrected chi connectivity index (χ3v) is 5.01. The Morgan fingerprint density at radius 2 is 1.27 bits per heavy atom. The van der Waals surface area contributed by atoms with Gasteiger partial charge in [0.15, 0.2) is 6.29 Å².